The number of benzene rings is 1. The summed E-state index contributed by atoms with van der Waals surface area (Å²) in [5.41, 5.74) is 4.25. The highest BCUT2D eigenvalue weighted by molar-refractivity contribution is 5.56. The van der Waals surface area contributed by atoms with Crippen LogP contribution >= 0.6 is 0 Å². The van der Waals surface area contributed by atoms with Crippen molar-refractivity contribution in [3.8, 4) is 0 Å². The van der Waals surface area contributed by atoms with Gasteiger partial charge in [-0.25, -0.2) is 0 Å². The van der Waals surface area contributed by atoms with Crippen molar-refractivity contribution in [1.29, 1.82) is 0 Å². The number of hydrogen-bond acceptors (Lipinski definition) is 1. The van der Waals surface area contributed by atoms with Gasteiger partial charge >= 0.3 is 0 Å². The zero-order valence-corrected chi connectivity index (χ0v) is 8.25. The van der Waals surface area contributed by atoms with Crippen molar-refractivity contribution in [3.63, 3.8) is 0 Å². The minimum Gasteiger partial charge on any atom is -0.376 e. The van der Waals surface area contributed by atoms with Gasteiger partial charge in [0.2, 0.25) is 0 Å². The van der Waals surface area contributed by atoms with Crippen LogP contribution in [0.25, 0.3) is 6.08 Å². The molecule has 0 atom stereocenters. The van der Waals surface area contributed by atoms with Gasteiger partial charge in [-0.05, 0) is 35.4 Å². The zero-order valence-electron chi connectivity index (χ0n) is 8.25. The Bertz CT molecular complexity index is 339. The van der Waals surface area contributed by atoms with E-state index in [0.29, 0.717) is 0 Å². The quantitative estimate of drug-likeness (QED) is 0.631. The van der Waals surface area contributed by atoms with Crippen molar-refractivity contribution in [3.05, 3.63) is 41.1 Å². The fourth-order valence-corrected chi connectivity index (χ4v) is 1.71. The Morgan fingerprint density at radius 1 is 1.38 bits per heavy atom. The van der Waals surface area contributed by atoms with Crippen LogP contribution in [-0.4, -0.2) is 11.9 Å². The van der Waals surface area contributed by atoms with E-state index in [0.717, 1.165) is 13.0 Å². The number of hydrogen-bond donors (Lipinski definition) is 0. The van der Waals surface area contributed by atoms with E-state index in [1.165, 1.54) is 16.7 Å². The summed E-state index contributed by atoms with van der Waals surface area (Å²) in [7, 11) is 2.11. The maximum atomic E-state index is 2.31. The van der Waals surface area contributed by atoms with Gasteiger partial charge in [-0.1, -0.05) is 25.1 Å². The molecule has 1 aromatic carbocycles. The summed E-state index contributed by atoms with van der Waals surface area (Å²) in [6.07, 6.45) is 5.44. The second-order valence-corrected chi connectivity index (χ2v) is 3.62. The summed E-state index contributed by atoms with van der Waals surface area (Å²) < 4.78 is 0. The smallest absolute Gasteiger partial charge is 0.0426 e. The highest BCUT2D eigenvalue weighted by atomic mass is 15.1. The number of aryl methyl sites for hydroxylation is 1. The van der Waals surface area contributed by atoms with E-state index in [1.54, 1.807) is 0 Å². The summed E-state index contributed by atoms with van der Waals surface area (Å²) in [6.45, 7) is 3.24. The van der Waals surface area contributed by atoms with E-state index in [-0.39, 0.29) is 0 Å². The Balaban J connectivity index is 2.40. The molecule has 0 unspecified atom stereocenters. The highest BCUT2D eigenvalue weighted by Gasteiger charge is 2.06. The van der Waals surface area contributed by atoms with Gasteiger partial charge in [0.05, 0.1) is 0 Å². The molecule has 0 saturated heterocycles. The molecule has 0 bridgehead atoms. The molecule has 0 aromatic heterocycles. The Hall–Kier alpha value is -1.24. The third kappa shape index (κ3) is 1.59. The molecule has 0 aliphatic carbocycles. The van der Waals surface area contributed by atoms with Crippen molar-refractivity contribution in [2.75, 3.05) is 7.05 Å². The first-order chi connectivity index (χ1) is 6.29. The molecular weight excluding hydrogens is 158 g/mol. The lowest BCUT2D eigenvalue weighted by Crippen LogP contribution is -2.14. The first-order valence-corrected chi connectivity index (χ1v) is 4.80. The Morgan fingerprint density at radius 2 is 2.23 bits per heavy atom. The number of nitrogens with zero attached hydrogens (tertiary/aromatic N) is 1. The lowest BCUT2D eigenvalue weighted by molar-refractivity contribution is 0.447. The lowest BCUT2D eigenvalue weighted by Gasteiger charge is -2.21. The number of rotatable bonds is 1. The third-order valence-corrected chi connectivity index (χ3v) is 2.54. The van der Waals surface area contributed by atoms with E-state index in [4.69, 9.17) is 0 Å². The summed E-state index contributed by atoms with van der Waals surface area (Å²) in [4.78, 5) is 2.21. The minimum atomic E-state index is 1.04. The van der Waals surface area contributed by atoms with E-state index in [2.05, 4.69) is 49.3 Å². The second-order valence-electron chi connectivity index (χ2n) is 3.62. The summed E-state index contributed by atoms with van der Waals surface area (Å²) in [5.74, 6) is 0. The predicted octanol–water partition coefficient (Wildman–Crippen LogP) is 2.67. The molecule has 1 aliphatic heterocycles. The van der Waals surface area contributed by atoms with Gasteiger partial charge in [0.15, 0.2) is 0 Å². The predicted molar refractivity (Wildman–Crippen MR) is 56.3 cm³/mol. The van der Waals surface area contributed by atoms with E-state index in [1.807, 2.05) is 0 Å². The molecule has 1 heteroatoms. The zero-order chi connectivity index (χ0) is 9.26. The van der Waals surface area contributed by atoms with Gasteiger partial charge in [0, 0.05) is 13.6 Å². The fraction of sp³-hybridized carbons (Fsp3) is 0.333. The van der Waals surface area contributed by atoms with Crippen LogP contribution in [-0.2, 0) is 13.0 Å². The van der Waals surface area contributed by atoms with Crippen molar-refractivity contribution in [2.45, 2.75) is 19.9 Å². The molecule has 68 valence electrons. The van der Waals surface area contributed by atoms with Gasteiger partial charge in [-0.15, -0.1) is 0 Å². The molecular formula is C12H15N. The topological polar surface area (TPSA) is 3.24 Å². The normalized spacial score (nSPS) is 14.5. The van der Waals surface area contributed by atoms with Crippen molar-refractivity contribution in [1.82, 2.24) is 4.90 Å². The number of fused-ring (bicyclic) bond motifs is 1. The molecule has 13 heavy (non-hydrogen) atoms. The Kier molecular flexibility index (Phi) is 2.09. The second kappa shape index (κ2) is 3.25. The lowest BCUT2D eigenvalue weighted by atomic mass is 10.0. The van der Waals surface area contributed by atoms with Crippen LogP contribution in [0.2, 0.25) is 0 Å². The first kappa shape index (κ1) is 8.36. The summed E-state index contributed by atoms with van der Waals surface area (Å²) in [5, 5.41) is 0. The molecule has 0 N–H and O–H groups in total. The van der Waals surface area contributed by atoms with Crippen molar-refractivity contribution in [2.24, 2.45) is 0 Å². The van der Waals surface area contributed by atoms with E-state index in [9.17, 15) is 0 Å². The summed E-state index contributed by atoms with van der Waals surface area (Å²) >= 11 is 0. The van der Waals surface area contributed by atoms with Crippen LogP contribution in [0.5, 0.6) is 0 Å². The molecule has 0 radical (unpaired) electrons. The van der Waals surface area contributed by atoms with Gasteiger partial charge in [-0.2, -0.15) is 0 Å². The van der Waals surface area contributed by atoms with Crippen LogP contribution in [0.3, 0.4) is 0 Å². The first-order valence-electron chi connectivity index (χ1n) is 4.80. The molecule has 1 aliphatic rings. The van der Waals surface area contributed by atoms with Gasteiger partial charge in [0.1, 0.15) is 0 Å². The molecule has 0 saturated carbocycles. The average molecular weight is 173 g/mol. The SMILES string of the molecule is CCc1ccc2c(c1)CN(C)C=C2. The maximum Gasteiger partial charge on any atom is 0.0426 e. The average Bonchev–Trinajstić information content (AvgIpc) is 2.16. The minimum absolute atomic E-state index is 1.04. The van der Waals surface area contributed by atoms with Crippen LogP contribution in [0.1, 0.15) is 23.6 Å². The standard InChI is InChI=1S/C12H15N/c1-3-10-4-5-11-6-7-13(2)9-12(11)8-10/h4-8H,3,9H2,1-2H3. The molecule has 1 heterocycles. The van der Waals surface area contributed by atoms with Crippen LogP contribution in [0.4, 0.5) is 0 Å². The Labute approximate surface area is 79.7 Å². The molecule has 0 amide bonds. The van der Waals surface area contributed by atoms with Gasteiger partial charge in [0.25, 0.3) is 0 Å². The molecule has 2 rings (SSSR count). The van der Waals surface area contributed by atoms with Crippen molar-refractivity contribution < 1.29 is 0 Å². The summed E-state index contributed by atoms with van der Waals surface area (Å²) in [6, 6.07) is 6.75. The van der Waals surface area contributed by atoms with E-state index < -0.39 is 0 Å². The van der Waals surface area contributed by atoms with Crippen LogP contribution in [0.15, 0.2) is 24.4 Å². The highest BCUT2D eigenvalue weighted by Crippen LogP contribution is 2.20. The largest absolute Gasteiger partial charge is 0.376 e. The van der Waals surface area contributed by atoms with Crippen LogP contribution in [0, 0.1) is 0 Å². The molecule has 0 fully saturated rings. The van der Waals surface area contributed by atoms with Gasteiger partial charge in [-0.3, -0.25) is 0 Å². The van der Waals surface area contributed by atoms with Crippen LogP contribution < -0.4 is 0 Å². The Morgan fingerprint density at radius 3 is 3.00 bits per heavy atom. The molecule has 1 nitrogen and oxygen atoms in total. The van der Waals surface area contributed by atoms with Gasteiger partial charge < -0.3 is 4.90 Å². The van der Waals surface area contributed by atoms with E-state index >= 15 is 0 Å². The monoisotopic (exact) mass is 173 g/mol. The molecule has 1 aromatic rings. The third-order valence-electron chi connectivity index (χ3n) is 2.54. The fourth-order valence-electron chi connectivity index (χ4n) is 1.71. The maximum absolute atomic E-state index is 2.31. The molecule has 0 spiro atoms. The van der Waals surface area contributed by atoms with Crippen molar-refractivity contribution >= 4 is 6.08 Å².